The third-order valence-electron chi connectivity index (χ3n) is 5.79. The zero-order chi connectivity index (χ0) is 22.0. The molecule has 1 aromatic heterocycles. The van der Waals surface area contributed by atoms with Gasteiger partial charge in [-0.3, -0.25) is 14.2 Å². The van der Waals surface area contributed by atoms with E-state index in [4.69, 9.17) is 4.98 Å². The van der Waals surface area contributed by atoms with Gasteiger partial charge in [0.15, 0.2) is 5.16 Å². The first-order valence-electron chi connectivity index (χ1n) is 10.4. The van der Waals surface area contributed by atoms with Crippen LogP contribution in [0.3, 0.4) is 0 Å². The van der Waals surface area contributed by atoms with E-state index in [1.165, 1.54) is 11.8 Å². The molecule has 4 rings (SSSR count). The maximum Gasteiger partial charge on any atom is 0.266 e. The Morgan fingerprint density at radius 3 is 2.52 bits per heavy atom. The normalized spacial score (nSPS) is 15.0. The summed E-state index contributed by atoms with van der Waals surface area (Å²) in [5.74, 6) is -0.136. The van der Waals surface area contributed by atoms with Crippen molar-refractivity contribution in [1.29, 1.82) is 5.26 Å². The number of aryl methyl sites for hydroxylation is 2. The van der Waals surface area contributed by atoms with Gasteiger partial charge in [-0.25, -0.2) is 4.98 Å². The Bertz CT molecular complexity index is 1230. The smallest absolute Gasteiger partial charge is 0.266 e. The molecular formula is C24H24N4O2S. The Morgan fingerprint density at radius 1 is 1.16 bits per heavy atom. The second-order valence-electron chi connectivity index (χ2n) is 8.03. The van der Waals surface area contributed by atoms with Crippen molar-refractivity contribution in [2.45, 2.75) is 50.2 Å². The Labute approximate surface area is 185 Å². The number of fused-ring (bicyclic) bond motifs is 1. The van der Waals surface area contributed by atoms with Gasteiger partial charge in [-0.2, -0.15) is 5.26 Å². The summed E-state index contributed by atoms with van der Waals surface area (Å²) in [5.41, 5.74) is 2.39. The van der Waals surface area contributed by atoms with Gasteiger partial charge in [0, 0.05) is 0 Å². The lowest BCUT2D eigenvalue weighted by Crippen LogP contribution is -2.45. The summed E-state index contributed by atoms with van der Waals surface area (Å²) < 4.78 is 1.61. The monoisotopic (exact) mass is 432 g/mol. The quantitative estimate of drug-likeness (QED) is 0.485. The van der Waals surface area contributed by atoms with Crippen LogP contribution in [0.5, 0.6) is 0 Å². The summed E-state index contributed by atoms with van der Waals surface area (Å²) in [6, 6.07) is 15.4. The molecule has 0 bridgehead atoms. The van der Waals surface area contributed by atoms with Crippen LogP contribution in [-0.2, 0) is 4.79 Å². The molecule has 1 fully saturated rings. The van der Waals surface area contributed by atoms with E-state index in [1.54, 1.807) is 16.7 Å². The highest BCUT2D eigenvalue weighted by molar-refractivity contribution is 7.99. The molecular weight excluding hydrogens is 408 g/mol. The molecule has 7 heteroatoms. The lowest BCUT2D eigenvalue weighted by Gasteiger charge is -2.22. The molecule has 1 aliphatic rings. The Balaban J connectivity index is 1.72. The van der Waals surface area contributed by atoms with Crippen molar-refractivity contribution in [3.63, 3.8) is 0 Å². The molecule has 0 spiro atoms. The van der Waals surface area contributed by atoms with E-state index in [1.807, 2.05) is 44.2 Å². The summed E-state index contributed by atoms with van der Waals surface area (Å²) >= 11 is 1.22. The van der Waals surface area contributed by atoms with Gasteiger partial charge in [0.1, 0.15) is 5.54 Å². The number of rotatable bonds is 5. The molecule has 1 aliphatic carbocycles. The molecule has 0 saturated heterocycles. The first kappa shape index (κ1) is 21.1. The van der Waals surface area contributed by atoms with Crippen LogP contribution in [0.25, 0.3) is 16.6 Å². The predicted molar refractivity (Wildman–Crippen MR) is 122 cm³/mol. The van der Waals surface area contributed by atoms with Crippen molar-refractivity contribution >= 4 is 28.6 Å². The number of thioether (sulfide) groups is 1. The fraction of sp³-hybridized carbons (Fsp3) is 0.333. The average Bonchev–Trinajstić information content (AvgIpc) is 3.22. The van der Waals surface area contributed by atoms with Gasteiger partial charge >= 0.3 is 0 Å². The van der Waals surface area contributed by atoms with E-state index in [9.17, 15) is 14.9 Å². The van der Waals surface area contributed by atoms with Crippen LogP contribution < -0.4 is 10.9 Å². The zero-order valence-corrected chi connectivity index (χ0v) is 18.5. The molecule has 1 heterocycles. The average molecular weight is 433 g/mol. The number of carbonyl (C=O) groups excluding carboxylic acids is 1. The van der Waals surface area contributed by atoms with Gasteiger partial charge in [0.25, 0.3) is 5.56 Å². The van der Waals surface area contributed by atoms with Gasteiger partial charge in [0.05, 0.1) is 28.4 Å². The molecule has 3 aromatic rings. The third kappa shape index (κ3) is 4.08. The molecule has 0 radical (unpaired) electrons. The highest BCUT2D eigenvalue weighted by atomic mass is 32.2. The molecule has 0 aliphatic heterocycles. The molecule has 31 heavy (non-hydrogen) atoms. The number of benzene rings is 2. The lowest BCUT2D eigenvalue weighted by atomic mass is 10.0. The topological polar surface area (TPSA) is 87.8 Å². The molecule has 1 N–H and O–H groups in total. The molecule has 2 aromatic carbocycles. The molecule has 0 atom stereocenters. The molecule has 1 saturated carbocycles. The molecule has 0 unspecified atom stereocenters. The maximum atomic E-state index is 13.4. The minimum absolute atomic E-state index is 0.0825. The fourth-order valence-electron chi connectivity index (χ4n) is 4.24. The fourth-order valence-corrected chi connectivity index (χ4v) is 5.04. The van der Waals surface area contributed by atoms with Gasteiger partial charge in [0.2, 0.25) is 5.91 Å². The number of carbonyl (C=O) groups is 1. The van der Waals surface area contributed by atoms with Crippen LogP contribution >= 0.6 is 11.8 Å². The third-order valence-corrected chi connectivity index (χ3v) is 6.73. The van der Waals surface area contributed by atoms with Crippen LogP contribution in [0.4, 0.5) is 0 Å². The van der Waals surface area contributed by atoms with E-state index in [2.05, 4.69) is 11.4 Å². The van der Waals surface area contributed by atoms with Crippen LogP contribution in [0, 0.1) is 25.2 Å². The zero-order valence-electron chi connectivity index (χ0n) is 17.6. The minimum atomic E-state index is -0.763. The lowest BCUT2D eigenvalue weighted by molar-refractivity contribution is -0.119. The van der Waals surface area contributed by atoms with E-state index < -0.39 is 5.54 Å². The predicted octanol–water partition coefficient (Wildman–Crippen LogP) is 4.05. The van der Waals surface area contributed by atoms with Gasteiger partial charge in [-0.05, 0) is 62.8 Å². The van der Waals surface area contributed by atoms with Crippen molar-refractivity contribution in [3.05, 3.63) is 63.9 Å². The number of nitrogens with zero attached hydrogens (tertiary/aromatic N) is 3. The van der Waals surface area contributed by atoms with E-state index >= 15 is 0 Å². The summed E-state index contributed by atoms with van der Waals surface area (Å²) in [7, 11) is 0. The van der Waals surface area contributed by atoms with Crippen LogP contribution in [0.15, 0.2) is 52.4 Å². The number of nitriles is 1. The number of aromatic nitrogens is 2. The van der Waals surface area contributed by atoms with Crippen molar-refractivity contribution in [1.82, 2.24) is 14.9 Å². The van der Waals surface area contributed by atoms with E-state index in [0.717, 1.165) is 29.7 Å². The minimum Gasteiger partial charge on any atom is -0.337 e. The number of para-hydroxylation sites is 2. The van der Waals surface area contributed by atoms with Crippen LogP contribution in [0.2, 0.25) is 0 Å². The first-order valence-corrected chi connectivity index (χ1v) is 11.4. The highest BCUT2D eigenvalue weighted by Crippen LogP contribution is 2.30. The van der Waals surface area contributed by atoms with Crippen molar-refractivity contribution in [2.75, 3.05) is 5.75 Å². The highest BCUT2D eigenvalue weighted by Gasteiger charge is 2.35. The van der Waals surface area contributed by atoms with Crippen molar-refractivity contribution in [3.8, 4) is 11.8 Å². The molecule has 158 valence electrons. The second kappa shape index (κ2) is 8.56. The Hall–Kier alpha value is -3.11. The second-order valence-corrected chi connectivity index (χ2v) is 8.97. The van der Waals surface area contributed by atoms with Crippen LogP contribution in [0.1, 0.15) is 36.8 Å². The maximum absolute atomic E-state index is 13.4. The number of amides is 1. The van der Waals surface area contributed by atoms with Gasteiger partial charge < -0.3 is 5.32 Å². The number of hydrogen-bond donors (Lipinski definition) is 1. The van der Waals surface area contributed by atoms with Gasteiger partial charge in [-0.15, -0.1) is 0 Å². The summed E-state index contributed by atoms with van der Waals surface area (Å²) in [6.07, 6.45) is 3.25. The standard InChI is InChI=1S/C24H24N4O2S/c1-16-8-7-9-17(2)21(16)28-22(30)18-10-3-4-11-19(18)26-23(28)31-14-20(29)27-24(15-25)12-5-6-13-24/h3-4,7-11H,5-6,12-14H2,1-2H3,(H,27,29). The molecule has 6 nitrogen and oxygen atoms in total. The van der Waals surface area contributed by atoms with Crippen molar-refractivity contribution in [2.24, 2.45) is 0 Å². The largest absolute Gasteiger partial charge is 0.337 e. The SMILES string of the molecule is Cc1cccc(C)c1-n1c(SCC(=O)NC2(C#N)CCCC2)nc2ccccc2c1=O. The van der Waals surface area contributed by atoms with E-state index in [-0.39, 0.29) is 17.2 Å². The summed E-state index contributed by atoms with van der Waals surface area (Å²) in [6.45, 7) is 3.92. The van der Waals surface area contributed by atoms with Gasteiger partial charge in [-0.1, -0.05) is 42.1 Å². The number of nitrogens with one attached hydrogen (secondary N) is 1. The first-order chi connectivity index (χ1) is 14.9. The summed E-state index contributed by atoms with van der Waals surface area (Å²) in [5, 5.41) is 13.4. The van der Waals surface area contributed by atoms with Crippen LogP contribution in [-0.4, -0.2) is 26.8 Å². The Kier molecular flexibility index (Phi) is 5.84. The van der Waals surface area contributed by atoms with Crippen molar-refractivity contribution < 1.29 is 4.79 Å². The number of hydrogen-bond acceptors (Lipinski definition) is 5. The van der Waals surface area contributed by atoms with E-state index in [0.29, 0.717) is 28.9 Å². The summed E-state index contributed by atoms with van der Waals surface area (Å²) in [4.78, 5) is 30.8. The Morgan fingerprint density at radius 2 is 1.84 bits per heavy atom. The molecule has 1 amide bonds.